The van der Waals surface area contributed by atoms with Crippen molar-refractivity contribution in [2.24, 2.45) is 0 Å². The topological polar surface area (TPSA) is 58.6 Å². The zero-order valence-corrected chi connectivity index (χ0v) is 12.2. The number of anilines is 1. The largest absolute Gasteiger partial charge is 0.507 e. The molecule has 2 aromatic rings. The molecule has 0 aliphatic carbocycles. The van der Waals surface area contributed by atoms with Gasteiger partial charge in [-0.1, -0.05) is 24.3 Å². The quantitative estimate of drug-likeness (QED) is 0.887. The Morgan fingerprint density at radius 2 is 2.00 bits per heavy atom. The number of phenolic OH excluding ortho intramolecular Hbond substituents is 1. The van der Waals surface area contributed by atoms with E-state index in [1.54, 1.807) is 25.3 Å². The Labute approximate surface area is 124 Å². The van der Waals surface area contributed by atoms with Gasteiger partial charge in [-0.25, -0.2) is 0 Å². The Morgan fingerprint density at radius 3 is 2.71 bits per heavy atom. The number of carbonyl (C=O) groups is 1. The molecule has 2 aromatic carbocycles. The molecule has 0 aliphatic heterocycles. The summed E-state index contributed by atoms with van der Waals surface area (Å²) in [6.07, 6.45) is 0.715. The molecule has 4 heteroatoms. The van der Waals surface area contributed by atoms with E-state index in [-0.39, 0.29) is 17.2 Å². The van der Waals surface area contributed by atoms with Crippen LogP contribution >= 0.6 is 0 Å². The Balaban J connectivity index is 2.19. The number of ether oxygens (including phenoxy) is 1. The third-order valence-corrected chi connectivity index (χ3v) is 3.24. The highest BCUT2D eigenvalue weighted by atomic mass is 16.5. The molecular formula is C17H19NO3. The minimum absolute atomic E-state index is 0.0122. The maximum atomic E-state index is 12.3. The third-order valence-electron chi connectivity index (χ3n) is 3.24. The minimum Gasteiger partial charge on any atom is -0.507 e. The number of rotatable bonds is 5. The van der Waals surface area contributed by atoms with Crippen molar-refractivity contribution in [3.63, 3.8) is 0 Å². The van der Waals surface area contributed by atoms with Crippen molar-refractivity contribution in [3.8, 4) is 5.75 Å². The summed E-state index contributed by atoms with van der Waals surface area (Å²) in [4.78, 5) is 12.3. The zero-order valence-electron chi connectivity index (χ0n) is 12.2. The number of aryl methyl sites for hydroxylation is 1. The van der Waals surface area contributed by atoms with Gasteiger partial charge in [-0.3, -0.25) is 4.79 Å². The van der Waals surface area contributed by atoms with E-state index in [2.05, 4.69) is 5.32 Å². The first kappa shape index (κ1) is 15.1. The SMILES string of the molecule is COCCc1ccccc1NC(=O)c1ccc(C)cc1O. The van der Waals surface area contributed by atoms with Crippen molar-refractivity contribution in [2.45, 2.75) is 13.3 Å². The fraction of sp³-hybridized carbons (Fsp3) is 0.235. The number of benzene rings is 2. The Bertz CT molecular complexity index is 638. The highest BCUT2D eigenvalue weighted by Crippen LogP contribution is 2.22. The number of hydrogen-bond acceptors (Lipinski definition) is 3. The van der Waals surface area contributed by atoms with Gasteiger partial charge in [0, 0.05) is 12.8 Å². The predicted molar refractivity (Wildman–Crippen MR) is 82.8 cm³/mol. The Morgan fingerprint density at radius 1 is 1.24 bits per heavy atom. The number of phenols is 1. The van der Waals surface area contributed by atoms with Crippen LogP contribution in [0.5, 0.6) is 5.75 Å². The van der Waals surface area contributed by atoms with Gasteiger partial charge in [0.1, 0.15) is 5.75 Å². The van der Waals surface area contributed by atoms with Crippen molar-refractivity contribution in [1.82, 2.24) is 0 Å². The van der Waals surface area contributed by atoms with Gasteiger partial charge in [0.2, 0.25) is 0 Å². The van der Waals surface area contributed by atoms with Crippen LogP contribution in [-0.4, -0.2) is 24.7 Å². The van der Waals surface area contributed by atoms with Crippen molar-refractivity contribution in [3.05, 3.63) is 59.2 Å². The van der Waals surface area contributed by atoms with Gasteiger partial charge in [-0.2, -0.15) is 0 Å². The molecule has 0 aliphatic rings. The summed E-state index contributed by atoms with van der Waals surface area (Å²) in [6.45, 7) is 2.45. The molecular weight excluding hydrogens is 266 g/mol. The van der Waals surface area contributed by atoms with Crippen LogP contribution in [0.4, 0.5) is 5.69 Å². The molecule has 0 atom stereocenters. The first-order valence-electron chi connectivity index (χ1n) is 6.79. The van der Waals surface area contributed by atoms with Gasteiger partial charge in [0.05, 0.1) is 12.2 Å². The monoisotopic (exact) mass is 285 g/mol. The van der Waals surface area contributed by atoms with Crippen molar-refractivity contribution in [1.29, 1.82) is 0 Å². The summed E-state index contributed by atoms with van der Waals surface area (Å²) in [6, 6.07) is 12.6. The third kappa shape index (κ3) is 3.83. The van der Waals surface area contributed by atoms with Crippen LogP contribution in [0.25, 0.3) is 0 Å². The summed E-state index contributed by atoms with van der Waals surface area (Å²) in [5, 5.41) is 12.7. The zero-order chi connectivity index (χ0) is 15.2. The van der Waals surface area contributed by atoms with E-state index in [1.165, 1.54) is 0 Å². The highest BCUT2D eigenvalue weighted by molar-refractivity contribution is 6.06. The van der Waals surface area contributed by atoms with E-state index >= 15 is 0 Å². The summed E-state index contributed by atoms with van der Waals surface area (Å²) >= 11 is 0. The lowest BCUT2D eigenvalue weighted by Gasteiger charge is -2.11. The minimum atomic E-state index is -0.322. The van der Waals surface area contributed by atoms with Crippen LogP contribution in [0.1, 0.15) is 21.5 Å². The smallest absolute Gasteiger partial charge is 0.259 e. The number of aromatic hydroxyl groups is 1. The van der Waals surface area contributed by atoms with Gasteiger partial charge < -0.3 is 15.2 Å². The molecule has 1 amide bonds. The lowest BCUT2D eigenvalue weighted by atomic mass is 10.1. The van der Waals surface area contributed by atoms with Crippen LogP contribution in [0.2, 0.25) is 0 Å². The van der Waals surface area contributed by atoms with Crippen LogP contribution in [-0.2, 0) is 11.2 Å². The van der Waals surface area contributed by atoms with Gasteiger partial charge in [-0.05, 0) is 42.7 Å². The van der Waals surface area contributed by atoms with Gasteiger partial charge >= 0.3 is 0 Å². The molecule has 0 saturated carbocycles. The number of carbonyl (C=O) groups excluding carboxylic acids is 1. The molecule has 110 valence electrons. The summed E-state index contributed by atoms with van der Waals surface area (Å²) in [5.41, 5.74) is 2.91. The molecule has 0 radical (unpaired) electrons. The van der Waals surface area contributed by atoms with Crippen LogP contribution < -0.4 is 5.32 Å². The Kier molecular flexibility index (Phi) is 4.95. The molecule has 0 aromatic heterocycles. The maximum Gasteiger partial charge on any atom is 0.259 e. The molecule has 2 rings (SSSR count). The second kappa shape index (κ2) is 6.90. The van der Waals surface area contributed by atoms with Crippen LogP contribution in [0.15, 0.2) is 42.5 Å². The maximum absolute atomic E-state index is 12.3. The van der Waals surface area contributed by atoms with E-state index in [1.807, 2.05) is 31.2 Å². The number of amides is 1. The van der Waals surface area contributed by atoms with Crippen molar-refractivity contribution >= 4 is 11.6 Å². The lowest BCUT2D eigenvalue weighted by molar-refractivity contribution is 0.102. The number of methoxy groups -OCH3 is 1. The molecule has 0 fully saturated rings. The summed E-state index contributed by atoms with van der Waals surface area (Å²) in [5.74, 6) is -0.334. The number of nitrogens with one attached hydrogen (secondary N) is 1. The number of para-hydroxylation sites is 1. The molecule has 4 nitrogen and oxygen atoms in total. The van der Waals surface area contributed by atoms with Crippen molar-refractivity contribution in [2.75, 3.05) is 19.0 Å². The second-order valence-electron chi connectivity index (χ2n) is 4.87. The fourth-order valence-electron chi connectivity index (χ4n) is 2.10. The lowest BCUT2D eigenvalue weighted by Crippen LogP contribution is -2.14. The van der Waals surface area contributed by atoms with E-state index in [0.29, 0.717) is 13.0 Å². The van der Waals surface area contributed by atoms with E-state index in [0.717, 1.165) is 16.8 Å². The standard InChI is InChI=1S/C17H19NO3/c1-12-7-8-14(16(19)11-12)17(20)18-15-6-4-3-5-13(15)9-10-21-2/h3-8,11,19H,9-10H2,1-2H3,(H,18,20). The van der Waals surface area contributed by atoms with Gasteiger partial charge in [0.15, 0.2) is 0 Å². The molecule has 0 heterocycles. The van der Waals surface area contributed by atoms with E-state index in [4.69, 9.17) is 4.74 Å². The van der Waals surface area contributed by atoms with Crippen LogP contribution in [0, 0.1) is 6.92 Å². The highest BCUT2D eigenvalue weighted by Gasteiger charge is 2.12. The first-order valence-corrected chi connectivity index (χ1v) is 6.79. The summed E-state index contributed by atoms with van der Waals surface area (Å²) in [7, 11) is 1.64. The molecule has 2 N–H and O–H groups in total. The fourth-order valence-corrected chi connectivity index (χ4v) is 2.10. The van der Waals surface area contributed by atoms with Crippen molar-refractivity contribution < 1.29 is 14.6 Å². The second-order valence-corrected chi connectivity index (χ2v) is 4.87. The van der Waals surface area contributed by atoms with E-state index < -0.39 is 0 Å². The molecule has 0 bridgehead atoms. The Hall–Kier alpha value is -2.33. The summed E-state index contributed by atoms with van der Waals surface area (Å²) < 4.78 is 5.07. The first-order chi connectivity index (χ1) is 10.1. The van der Waals surface area contributed by atoms with Gasteiger partial charge in [0.25, 0.3) is 5.91 Å². The molecule has 0 spiro atoms. The number of hydrogen-bond donors (Lipinski definition) is 2. The predicted octanol–water partition coefficient (Wildman–Crippen LogP) is 3.14. The normalized spacial score (nSPS) is 10.4. The average molecular weight is 285 g/mol. The molecule has 0 saturated heterocycles. The van der Waals surface area contributed by atoms with Crippen LogP contribution in [0.3, 0.4) is 0 Å². The molecule has 0 unspecified atom stereocenters. The van der Waals surface area contributed by atoms with Gasteiger partial charge in [-0.15, -0.1) is 0 Å². The average Bonchev–Trinajstić information content (AvgIpc) is 2.46. The molecule has 21 heavy (non-hydrogen) atoms. The van der Waals surface area contributed by atoms with E-state index in [9.17, 15) is 9.90 Å².